The number of benzene rings is 2. The highest BCUT2D eigenvalue weighted by molar-refractivity contribution is 6.42. The molecule has 6 nitrogen and oxygen atoms in total. The van der Waals surface area contributed by atoms with Crippen LogP contribution in [0.2, 0.25) is 10.0 Å². The van der Waals surface area contributed by atoms with Crippen LogP contribution in [-0.4, -0.2) is 53.3 Å². The number of hydrogen-bond acceptors (Lipinski definition) is 6. The molecule has 3 aromatic rings. The maximum atomic E-state index is 9.87. The second-order valence-electron chi connectivity index (χ2n) is 6.77. The normalized spacial score (nSPS) is 12.1. The Morgan fingerprint density at radius 2 is 1.83 bits per heavy atom. The summed E-state index contributed by atoms with van der Waals surface area (Å²) in [5.41, 5.74) is 2.40. The van der Waals surface area contributed by atoms with E-state index in [4.69, 9.17) is 27.9 Å². The highest BCUT2D eigenvalue weighted by Crippen LogP contribution is 2.28. The summed E-state index contributed by atoms with van der Waals surface area (Å²) in [6, 6.07) is 14.6. The molecule has 152 valence electrons. The lowest BCUT2D eigenvalue weighted by atomic mass is 10.1. The van der Waals surface area contributed by atoms with Crippen molar-refractivity contribution in [3.63, 3.8) is 0 Å². The summed E-state index contributed by atoms with van der Waals surface area (Å²) in [6.07, 6.45) is 1.14. The fourth-order valence-corrected chi connectivity index (χ4v) is 2.96. The van der Waals surface area contributed by atoms with Crippen molar-refractivity contribution in [3.05, 3.63) is 64.8 Å². The van der Waals surface area contributed by atoms with Crippen LogP contribution in [0.5, 0.6) is 5.75 Å². The number of nitrogens with one attached hydrogen (secondary N) is 1. The zero-order chi connectivity index (χ0) is 20.8. The molecular formula is C21H22Cl2N4O2. The fourth-order valence-electron chi connectivity index (χ4n) is 2.67. The predicted molar refractivity (Wildman–Crippen MR) is 117 cm³/mol. The van der Waals surface area contributed by atoms with Gasteiger partial charge in [-0.3, -0.25) is 0 Å². The van der Waals surface area contributed by atoms with Crippen molar-refractivity contribution in [2.75, 3.05) is 32.6 Å². The molecule has 0 bridgehead atoms. The molecule has 0 spiro atoms. The maximum Gasteiger partial charge on any atom is 0.227 e. The summed E-state index contributed by atoms with van der Waals surface area (Å²) in [7, 11) is 3.81. The zero-order valence-electron chi connectivity index (χ0n) is 16.1. The molecule has 1 aromatic heterocycles. The van der Waals surface area contributed by atoms with Crippen LogP contribution < -0.4 is 10.1 Å². The van der Waals surface area contributed by atoms with Crippen molar-refractivity contribution in [2.45, 2.75) is 6.10 Å². The number of nitrogens with zero attached hydrogens (tertiary/aromatic N) is 3. The topological polar surface area (TPSA) is 70.5 Å². The Hall–Kier alpha value is -2.38. The minimum Gasteiger partial charge on any atom is -0.491 e. The van der Waals surface area contributed by atoms with Crippen LogP contribution in [0.3, 0.4) is 0 Å². The summed E-state index contributed by atoms with van der Waals surface area (Å²) in [4.78, 5) is 10.7. The van der Waals surface area contributed by atoms with Gasteiger partial charge < -0.3 is 20.1 Å². The first-order valence-corrected chi connectivity index (χ1v) is 9.77. The number of ether oxygens (including phenoxy) is 1. The molecule has 0 radical (unpaired) electrons. The van der Waals surface area contributed by atoms with Gasteiger partial charge in [0, 0.05) is 24.0 Å². The first-order valence-electron chi connectivity index (χ1n) is 9.02. The summed E-state index contributed by atoms with van der Waals surface area (Å²) < 4.78 is 5.61. The molecular weight excluding hydrogens is 411 g/mol. The predicted octanol–water partition coefficient (Wildman–Crippen LogP) is 4.50. The summed E-state index contributed by atoms with van der Waals surface area (Å²) in [5.74, 6) is 1.14. The number of rotatable bonds is 8. The van der Waals surface area contributed by atoms with Crippen LogP contribution in [0, 0.1) is 0 Å². The van der Waals surface area contributed by atoms with Gasteiger partial charge in [0.05, 0.1) is 15.7 Å². The monoisotopic (exact) mass is 432 g/mol. The Bertz CT molecular complexity index is 952. The van der Waals surface area contributed by atoms with Crippen molar-refractivity contribution in [2.24, 2.45) is 0 Å². The third kappa shape index (κ3) is 6.30. The van der Waals surface area contributed by atoms with Gasteiger partial charge >= 0.3 is 0 Å². The molecule has 0 fully saturated rings. The summed E-state index contributed by atoms with van der Waals surface area (Å²) in [6.45, 7) is 0.784. The van der Waals surface area contributed by atoms with E-state index < -0.39 is 6.10 Å². The van der Waals surface area contributed by atoms with Crippen LogP contribution in [0.4, 0.5) is 11.6 Å². The van der Waals surface area contributed by atoms with E-state index in [1.54, 1.807) is 24.4 Å². The van der Waals surface area contributed by atoms with Gasteiger partial charge in [-0.05, 0) is 56.6 Å². The van der Waals surface area contributed by atoms with E-state index in [1.807, 2.05) is 49.3 Å². The van der Waals surface area contributed by atoms with E-state index in [9.17, 15) is 5.11 Å². The van der Waals surface area contributed by atoms with Crippen LogP contribution >= 0.6 is 23.2 Å². The lowest BCUT2D eigenvalue weighted by Crippen LogP contribution is -2.30. The summed E-state index contributed by atoms with van der Waals surface area (Å²) >= 11 is 12.1. The number of halogens is 2. The minimum atomic E-state index is -0.541. The molecule has 0 aliphatic heterocycles. The molecule has 1 atom stereocenters. The molecule has 1 unspecified atom stereocenters. The number of anilines is 2. The molecule has 0 aliphatic carbocycles. The van der Waals surface area contributed by atoms with Crippen LogP contribution in [0.15, 0.2) is 54.7 Å². The number of aliphatic hydroxyl groups excluding tert-OH is 1. The fraction of sp³-hybridized carbons (Fsp3) is 0.238. The van der Waals surface area contributed by atoms with Crippen LogP contribution in [0.25, 0.3) is 11.3 Å². The average molecular weight is 433 g/mol. The van der Waals surface area contributed by atoms with E-state index in [1.165, 1.54) is 0 Å². The standard InChI is InChI=1S/C21H22Cl2N4O2/c1-27(2)12-16(28)13-29-17-6-4-15(5-7-17)25-21-24-10-9-20(26-21)14-3-8-18(22)19(23)11-14/h3-11,16,28H,12-13H2,1-2H3,(H,24,25,26). The van der Waals surface area contributed by atoms with Crippen molar-refractivity contribution >= 4 is 34.8 Å². The molecule has 0 aliphatic rings. The van der Waals surface area contributed by atoms with Crippen molar-refractivity contribution in [1.82, 2.24) is 14.9 Å². The highest BCUT2D eigenvalue weighted by atomic mass is 35.5. The Kier molecular flexibility index (Phi) is 7.28. The third-order valence-corrected chi connectivity index (χ3v) is 4.74. The molecule has 3 rings (SSSR count). The van der Waals surface area contributed by atoms with Gasteiger partial charge in [0.25, 0.3) is 0 Å². The molecule has 1 heterocycles. The second kappa shape index (κ2) is 9.89. The second-order valence-corrected chi connectivity index (χ2v) is 7.59. The van der Waals surface area contributed by atoms with Gasteiger partial charge in [-0.1, -0.05) is 29.3 Å². The number of aromatic nitrogens is 2. The van der Waals surface area contributed by atoms with Crippen molar-refractivity contribution in [3.8, 4) is 17.0 Å². The van der Waals surface area contributed by atoms with Crippen LogP contribution in [-0.2, 0) is 0 Å². The van der Waals surface area contributed by atoms with Crippen LogP contribution in [0.1, 0.15) is 0 Å². The Morgan fingerprint density at radius 3 is 2.52 bits per heavy atom. The number of aliphatic hydroxyl groups is 1. The lowest BCUT2D eigenvalue weighted by molar-refractivity contribution is 0.0831. The SMILES string of the molecule is CN(C)CC(O)COc1ccc(Nc2nccc(-c3ccc(Cl)c(Cl)c3)n2)cc1. The quantitative estimate of drug-likeness (QED) is 0.546. The maximum absolute atomic E-state index is 9.87. The van der Waals surface area contributed by atoms with Gasteiger partial charge in [0.1, 0.15) is 18.5 Å². The zero-order valence-corrected chi connectivity index (χ0v) is 17.7. The number of hydrogen-bond donors (Lipinski definition) is 2. The van der Waals surface area contributed by atoms with Gasteiger partial charge in [-0.2, -0.15) is 0 Å². The Labute approximate surface area is 180 Å². The van der Waals surface area contributed by atoms with E-state index in [0.29, 0.717) is 28.3 Å². The highest BCUT2D eigenvalue weighted by Gasteiger charge is 2.08. The van der Waals surface area contributed by atoms with E-state index >= 15 is 0 Å². The third-order valence-electron chi connectivity index (χ3n) is 4.00. The average Bonchev–Trinajstić information content (AvgIpc) is 2.69. The smallest absolute Gasteiger partial charge is 0.227 e. The summed E-state index contributed by atoms with van der Waals surface area (Å²) in [5, 5.41) is 14.0. The molecule has 2 N–H and O–H groups in total. The van der Waals surface area contributed by atoms with E-state index in [2.05, 4.69) is 15.3 Å². The lowest BCUT2D eigenvalue weighted by Gasteiger charge is -2.16. The van der Waals surface area contributed by atoms with Gasteiger partial charge in [-0.25, -0.2) is 9.97 Å². The van der Waals surface area contributed by atoms with Crippen molar-refractivity contribution in [1.29, 1.82) is 0 Å². The molecule has 0 saturated heterocycles. The molecule has 0 amide bonds. The largest absolute Gasteiger partial charge is 0.491 e. The molecule has 0 saturated carbocycles. The Balaban J connectivity index is 1.63. The first-order chi connectivity index (χ1) is 13.9. The van der Waals surface area contributed by atoms with Gasteiger partial charge in [-0.15, -0.1) is 0 Å². The van der Waals surface area contributed by atoms with Gasteiger partial charge in [0.2, 0.25) is 5.95 Å². The Morgan fingerprint density at radius 1 is 1.07 bits per heavy atom. The van der Waals surface area contributed by atoms with Crippen molar-refractivity contribution < 1.29 is 9.84 Å². The molecule has 8 heteroatoms. The van der Waals surface area contributed by atoms with Gasteiger partial charge in [0.15, 0.2) is 0 Å². The minimum absolute atomic E-state index is 0.236. The van der Waals surface area contributed by atoms with E-state index in [0.717, 1.165) is 16.9 Å². The number of likely N-dealkylation sites (N-methyl/N-ethyl adjacent to an activating group) is 1. The molecule has 2 aromatic carbocycles. The first kappa shape index (κ1) is 21.3. The van der Waals surface area contributed by atoms with E-state index in [-0.39, 0.29) is 6.61 Å². The molecule has 29 heavy (non-hydrogen) atoms.